The zero-order valence-electron chi connectivity index (χ0n) is 13.6. The molecule has 1 N–H and O–H groups in total. The number of rotatable bonds is 3. The molecule has 0 saturated carbocycles. The summed E-state index contributed by atoms with van der Waals surface area (Å²) in [6.07, 6.45) is 6.04. The number of fused-ring (bicyclic) bond motifs is 1. The number of aromatic carboxylic acids is 1. The summed E-state index contributed by atoms with van der Waals surface area (Å²) in [5, 5.41) is 21.1. The first-order valence-corrected chi connectivity index (χ1v) is 8.48. The van der Waals surface area contributed by atoms with Crippen molar-refractivity contribution in [1.82, 2.24) is 29.5 Å². The number of carboxylic acids is 1. The van der Waals surface area contributed by atoms with Crippen LogP contribution in [0, 0.1) is 0 Å². The average Bonchev–Trinajstić information content (AvgIpc) is 3.29. The molecule has 0 radical (unpaired) electrons. The fraction of sp³-hybridized carbons (Fsp3) is 0.312. The van der Waals surface area contributed by atoms with Gasteiger partial charge in [0.1, 0.15) is 0 Å². The van der Waals surface area contributed by atoms with Gasteiger partial charge in [0.15, 0.2) is 5.69 Å². The molecule has 1 aliphatic rings. The zero-order chi connectivity index (χ0) is 18.3. The number of amides is 1. The first-order chi connectivity index (χ1) is 12.5. The molecule has 1 aliphatic heterocycles. The average molecular weight is 375 g/mol. The number of carbonyl (C=O) groups excluding carboxylic acids is 1. The number of likely N-dealkylation sites (tertiary alicyclic amines) is 1. The molecule has 3 aromatic heterocycles. The fourth-order valence-corrected chi connectivity index (χ4v) is 3.48. The highest BCUT2D eigenvalue weighted by Crippen LogP contribution is 2.26. The Bertz CT molecular complexity index is 989. The van der Waals surface area contributed by atoms with Crippen molar-refractivity contribution in [2.75, 3.05) is 13.1 Å². The third kappa shape index (κ3) is 2.80. The van der Waals surface area contributed by atoms with Crippen LogP contribution in [0.2, 0.25) is 5.02 Å². The number of nitrogens with zero attached hydrogens (tertiary/aromatic N) is 6. The highest BCUT2D eigenvalue weighted by atomic mass is 35.5. The van der Waals surface area contributed by atoms with Crippen LogP contribution in [0.15, 0.2) is 30.7 Å². The van der Waals surface area contributed by atoms with Gasteiger partial charge in [0.05, 0.1) is 34.5 Å². The molecule has 0 spiro atoms. The van der Waals surface area contributed by atoms with Gasteiger partial charge in [-0.05, 0) is 25.0 Å². The number of halogens is 1. The van der Waals surface area contributed by atoms with Crippen molar-refractivity contribution in [2.24, 2.45) is 0 Å². The van der Waals surface area contributed by atoms with E-state index >= 15 is 0 Å². The van der Waals surface area contributed by atoms with E-state index in [1.807, 2.05) is 0 Å². The van der Waals surface area contributed by atoms with Crippen LogP contribution < -0.4 is 0 Å². The maximum Gasteiger partial charge on any atom is 0.358 e. The topological polar surface area (TPSA) is 106 Å². The van der Waals surface area contributed by atoms with E-state index in [2.05, 4.69) is 15.4 Å². The Morgan fingerprint density at radius 3 is 2.73 bits per heavy atom. The number of carboxylic acid groups (broad SMARTS) is 1. The first-order valence-electron chi connectivity index (χ1n) is 8.11. The molecule has 4 rings (SSSR count). The predicted molar refractivity (Wildman–Crippen MR) is 91.4 cm³/mol. The fourth-order valence-electron chi connectivity index (χ4n) is 3.21. The molecule has 134 valence electrons. The summed E-state index contributed by atoms with van der Waals surface area (Å²) >= 11 is 6.22. The van der Waals surface area contributed by atoms with E-state index in [9.17, 15) is 9.59 Å². The van der Waals surface area contributed by atoms with E-state index in [-0.39, 0.29) is 17.6 Å². The lowest BCUT2D eigenvalue weighted by molar-refractivity contribution is 0.0684. The van der Waals surface area contributed by atoms with Gasteiger partial charge in [-0.3, -0.25) is 4.79 Å². The van der Waals surface area contributed by atoms with Crippen LogP contribution >= 0.6 is 11.6 Å². The monoisotopic (exact) mass is 374 g/mol. The van der Waals surface area contributed by atoms with E-state index in [1.54, 1.807) is 32.4 Å². The highest BCUT2D eigenvalue weighted by Gasteiger charge is 2.27. The molecule has 0 aliphatic carbocycles. The molecule has 3 aromatic rings. The molecule has 0 aromatic carbocycles. The van der Waals surface area contributed by atoms with Crippen molar-refractivity contribution in [3.8, 4) is 0 Å². The molecular weight excluding hydrogens is 360 g/mol. The number of aromatic nitrogens is 5. The number of hydrogen-bond acceptors (Lipinski definition) is 5. The minimum absolute atomic E-state index is 0.0205. The minimum atomic E-state index is -1.10. The van der Waals surface area contributed by atoms with E-state index < -0.39 is 5.97 Å². The lowest BCUT2D eigenvalue weighted by Gasteiger charge is -2.31. The summed E-state index contributed by atoms with van der Waals surface area (Å²) in [4.78, 5) is 25.5. The van der Waals surface area contributed by atoms with Gasteiger partial charge in [-0.25, -0.2) is 14.0 Å². The Kier molecular flexibility index (Phi) is 4.08. The molecule has 9 nitrogen and oxygen atoms in total. The third-order valence-electron chi connectivity index (χ3n) is 4.58. The van der Waals surface area contributed by atoms with Gasteiger partial charge in [-0.2, -0.15) is 5.10 Å². The Hall–Kier alpha value is -2.94. The summed E-state index contributed by atoms with van der Waals surface area (Å²) in [5.41, 5.74) is 0.996. The van der Waals surface area contributed by atoms with E-state index in [0.29, 0.717) is 42.0 Å². The van der Waals surface area contributed by atoms with Gasteiger partial charge < -0.3 is 10.0 Å². The molecule has 1 amide bonds. The van der Waals surface area contributed by atoms with Crippen molar-refractivity contribution in [2.45, 2.75) is 18.9 Å². The van der Waals surface area contributed by atoms with Crippen LogP contribution in [0.1, 0.15) is 39.7 Å². The zero-order valence-corrected chi connectivity index (χ0v) is 14.4. The van der Waals surface area contributed by atoms with Gasteiger partial charge in [0.25, 0.3) is 5.91 Å². The normalized spacial score (nSPS) is 15.5. The Labute approximate surface area is 152 Å². The van der Waals surface area contributed by atoms with Crippen LogP contribution in [-0.4, -0.2) is 59.6 Å². The number of carbonyl (C=O) groups is 2. The smallest absolute Gasteiger partial charge is 0.358 e. The van der Waals surface area contributed by atoms with Gasteiger partial charge in [0, 0.05) is 19.3 Å². The molecule has 0 atom stereocenters. The maximum absolute atomic E-state index is 12.9. The van der Waals surface area contributed by atoms with Crippen LogP contribution in [0.4, 0.5) is 0 Å². The van der Waals surface area contributed by atoms with Crippen LogP contribution in [-0.2, 0) is 0 Å². The van der Waals surface area contributed by atoms with Crippen molar-refractivity contribution in [3.05, 3.63) is 47.0 Å². The van der Waals surface area contributed by atoms with E-state index in [1.165, 1.54) is 12.4 Å². The third-order valence-corrected chi connectivity index (χ3v) is 4.88. The number of hydrogen-bond donors (Lipinski definition) is 1. The molecular formula is C16H15ClN6O3. The van der Waals surface area contributed by atoms with Gasteiger partial charge >= 0.3 is 5.97 Å². The second kappa shape index (κ2) is 6.41. The summed E-state index contributed by atoms with van der Waals surface area (Å²) in [5.74, 6) is -1.22. The lowest BCUT2D eigenvalue weighted by atomic mass is 10.0. The molecule has 0 unspecified atom stereocenters. The summed E-state index contributed by atoms with van der Waals surface area (Å²) in [6, 6.07) is 3.52. The number of pyridine rings is 1. The highest BCUT2D eigenvalue weighted by molar-refractivity contribution is 6.34. The van der Waals surface area contributed by atoms with Crippen LogP contribution in [0.5, 0.6) is 0 Å². The first kappa shape index (κ1) is 16.5. The standard InChI is InChI=1S/C16H15ClN6O3/c17-12-2-1-5-22-14(12)11(8-18-22)15(24)21-6-3-10(4-7-21)23-9-13(16(25)26)19-20-23/h1-2,5,8-10H,3-4,6-7H2,(H,25,26). The molecule has 10 heteroatoms. The second-order valence-electron chi connectivity index (χ2n) is 6.12. The van der Waals surface area contributed by atoms with Crippen molar-refractivity contribution in [3.63, 3.8) is 0 Å². The van der Waals surface area contributed by atoms with Crippen molar-refractivity contribution in [1.29, 1.82) is 0 Å². The molecule has 0 bridgehead atoms. The summed E-state index contributed by atoms with van der Waals surface area (Å²) in [6.45, 7) is 1.07. The summed E-state index contributed by atoms with van der Waals surface area (Å²) < 4.78 is 3.16. The molecule has 4 heterocycles. The SMILES string of the molecule is O=C(O)c1cn(C2CCN(C(=O)c3cnn4cccc(Cl)c34)CC2)nn1. The Balaban J connectivity index is 1.48. The largest absolute Gasteiger partial charge is 0.476 e. The minimum Gasteiger partial charge on any atom is -0.476 e. The molecule has 1 saturated heterocycles. The lowest BCUT2D eigenvalue weighted by Crippen LogP contribution is -2.39. The van der Waals surface area contributed by atoms with E-state index in [0.717, 1.165) is 0 Å². The van der Waals surface area contributed by atoms with Crippen molar-refractivity contribution < 1.29 is 14.7 Å². The van der Waals surface area contributed by atoms with Gasteiger partial charge in [-0.1, -0.05) is 16.8 Å². The predicted octanol–water partition coefficient (Wildman–Crippen LogP) is 1.75. The second-order valence-corrected chi connectivity index (χ2v) is 6.53. The van der Waals surface area contributed by atoms with Crippen molar-refractivity contribution >= 4 is 29.0 Å². The van der Waals surface area contributed by atoms with Gasteiger partial charge in [-0.15, -0.1) is 5.10 Å². The van der Waals surface area contributed by atoms with E-state index in [4.69, 9.17) is 16.7 Å². The summed E-state index contributed by atoms with van der Waals surface area (Å²) in [7, 11) is 0. The Morgan fingerprint density at radius 2 is 2.04 bits per heavy atom. The van der Waals surface area contributed by atoms with Crippen LogP contribution in [0.3, 0.4) is 0 Å². The Morgan fingerprint density at radius 1 is 1.27 bits per heavy atom. The molecule has 1 fully saturated rings. The quantitative estimate of drug-likeness (QED) is 0.748. The number of piperidine rings is 1. The van der Waals surface area contributed by atoms with Gasteiger partial charge in [0.2, 0.25) is 0 Å². The van der Waals surface area contributed by atoms with Crippen LogP contribution in [0.25, 0.3) is 5.52 Å². The molecule has 26 heavy (non-hydrogen) atoms. The maximum atomic E-state index is 12.9.